The molecule has 0 radical (unpaired) electrons. The first kappa shape index (κ1) is 16.1. The topological polar surface area (TPSA) is 30.7 Å². The quantitative estimate of drug-likeness (QED) is 0.529. The van der Waals surface area contributed by atoms with E-state index in [2.05, 4.69) is 76.3 Å². The number of rotatable bonds is 6. The van der Waals surface area contributed by atoms with Gasteiger partial charge in [0.2, 0.25) is 0 Å². The zero-order chi connectivity index (χ0) is 17.5. The molecule has 2 aromatic carbocycles. The van der Waals surface area contributed by atoms with Gasteiger partial charge in [0.1, 0.15) is 5.82 Å². The van der Waals surface area contributed by atoms with Crippen LogP contribution in [0.25, 0.3) is 0 Å². The van der Waals surface area contributed by atoms with Crippen molar-refractivity contribution in [3.05, 3.63) is 77.1 Å². The summed E-state index contributed by atoms with van der Waals surface area (Å²) in [7, 11) is 0. The average Bonchev–Trinajstić information content (AvgIpc) is 3.60. The third-order valence-corrected chi connectivity index (χ3v) is 6.59. The summed E-state index contributed by atoms with van der Waals surface area (Å²) in [6.07, 6.45) is 5.09. The maximum atomic E-state index is 4.64. The number of nitrogens with zero attached hydrogens (tertiary/aromatic N) is 3. The van der Waals surface area contributed by atoms with Crippen molar-refractivity contribution >= 4 is 11.8 Å². The number of aromatic nitrogens is 3. The molecular weight excluding hydrogens is 338 g/mol. The molecular formula is C22H23N3S. The summed E-state index contributed by atoms with van der Waals surface area (Å²) in [6.45, 7) is 2.20. The highest BCUT2D eigenvalue weighted by Gasteiger charge is 2.37. The zero-order valence-electron chi connectivity index (χ0n) is 15.0. The van der Waals surface area contributed by atoms with E-state index in [0.29, 0.717) is 12.0 Å². The molecule has 0 spiro atoms. The van der Waals surface area contributed by atoms with Gasteiger partial charge in [-0.25, -0.2) is 0 Å². The molecule has 0 aliphatic heterocycles. The molecule has 1 heterocycles. The Morgan fingerprint density at radius 3 is 2.35 bits per heavy atom. The van der Waals surface area contributed by atoms with Gasteiger partial charge in [-0.3, -0.25) is 0 Å². The van der Waals surface area contributed by atoms with Crippen molar-refractivity contribution in [3.8, 4) is 0 Å². The van der Waals surface area contributed by atoms with E-state index in [0.717, 1.165) is 5.16 Å². The molecule has 26 heavy (non-hydrogen) atoms. The summed E-state index contributed by atoms with van der Waals surface area (Å²) < 4.78 is 2.45. The molecule has 3 aromatic rings. The highest BCUT2D eigenvalue weighted by Crippen LogP contribution is 2.49. The Labute approximate surface area is 158 Å². The van der Waals surface area contributed by atoms with Crippen LogP contribution in [0.15, 0.2) is 59.8 Å². The summed E-state index contributed by atoms with van der Waals surface area (Å²) in [5.41, 5.74) is 4.01. The van der Waals surface area contributed by atoms with Crippen molar-refractivity contribution in [3.63, 3.8) is 0 Å². The molecule has 0 N–H and O–H groups in total. The van der Waals surface area contributed by atoms with Crippen LogP contribution in [-0.2, 0) is 0 Å². The second-order valence-electron chi connectivity index (χ2n) is 7.48. The Morgan fingerprint density at radius 2 is 1.65 bits per heavy atom. The summed E-state index contributed by atoms with van der Waals surface area (Å²) in [4.78, 5) is 0. The molecule has 4 heteroatoms. The Hall–Kier alpha value is -2.07. The molecule has 2 aliphatic carbocycles. The smallest absolute Gasteiger partial charge is 0.192 e. The van der Waals surface area contributed by atoms with Crippen LogP contribution in [0.1, 0.15) is 65.4 Å². The number of thioether (sulfide) groups is 1. The number of benzene rings is 2. The molecule has 2 fully saturated rings. The fraction of sp³-hybridized carbons (Fsp3) is 0.364. The fourth-order valence-corrected chi connectivity index (χ4v) is 4.93. The van der Waals surface area contributed by atoms with E-state index in [-0.39, 0.29) is 5.25 Å². The van der Waals surface area contributed by atoms with Crippen molar-refractivity contribution < 1.29 is 0 Å². The van der Waals surface area contributed by atoms with E-state index < -0.39 is 0 Å². The predicted octanol–water partition coefficient (Wildman–Crippen LogP) is 5.68. The molecule has 2 aliphatic rings. The van der Waals surface area contributed by atoms with Crippen LogP contribution >= 0.6 is 11.8 Å². The first-order valence-electron chi connectivity index (χ1n) is 9.53. The number of hydrogen-bond donors (Lipinski definition) is 0. The van der Waals surface area contributed by atoms with Gasteiger partial charge in [0.15, 0.2) is 5.16 Å². The first-order valence-corrected chi connectivity index (χ1v) is 10.4. The van der Waals surface area contributed by atoms with E-state index in [1.54, 1.807) is 0 Å². The Bertz CT molecular complexity index is 910. The number of aryl methyl sites for hydroxylation is 1. The van der Waals surface area contributed by atoms with Crippen molar-refractivity contribution in [2.24, 2.45) is 0 Å². The maximum Gasteiger partial charge on any atom is 0.192 e. The molecule has 2 saturated carbocycles. The molecule has 0 unspecified atom stereocenters. The lowest BCUT2D eigenvalue weighted by atomic mass is 10.0. The monoisotopic (exact) mass is 361 g/mol. The zero-order valence-corrected chi connectivity index (χ0v) is 15.8. The third-order valence-electron chi connectivity index (χ3n) is 5.34. The molecule has 0 saturated heterocycles. The van der Waals surface area contributed by atoms with Gasteiger partial charge in [-0.05, 0) is 49.3 Å². The Morgan fingerprint density at radius 1 is 0.923 bits per heavy atom. The van der Waals surface area contributed by atoms with Crippen LogP contribution in [-0.4, -0.2) is 14.8 Å². The van der Waals surface area contributed by atoms with Gasteiger partial charge >= 0.3 is 0 Å². The van der Waals surface area contributed by atoms with Gasteiger partial charge in [-0.1, -0.05) is 66.4 Å². The molecule has 5 rings (SSSR count). The fourth-order valence-electron chi connectivity index (χ4n) is 3.59. The van der Waals surface area contributed by atoms with Gasteiger partial charge in [0, 0.05) is 12.0 Å². The van der Waals surface area contributed by atoms with Crippen molar-refractivity contribution in [1.29, 1.82) is 0 Å². The van der Waals surface area contributed by atoms with Gasteiger partial charge in [0.25, 0.3) is 0 Å². The maximum absolute atomic E-state index is 4.64. The molecule has 1 atom stereocenters. The summed E-state index contributed by atoms with van der Waals surface area (Å²) in [5, 5.41) is 10.6. The highest BCUT2D eigenvalue weighted by molar-refractivity contribution is 7.99. The van der Waals surface area contributed by atoms with Crippen LogP contribution in [0, 0.1) is 6.92 Å². The molecule has 3 nitrogen and oxygen atoms in total. The van der Waals surface area contributed by atoms with Crippen molar-refractivity contribution in [2.75, 3.05) is 0 Å². The van der Waals surface area contributed by atoms with Crippen LogP contribution in [0.5, 0.6) is 0 Å². The van der Waals surface area contributed by atoms with Crippen LogP contribution < -0.4 is 0 Å². The minimum absolute atomic E-state index is 0.242. The van der Waals surface area contributed by atoms with Gasteiger partial charge in [-0.15, -0.1) is 10.2 Å². The lowest BCUT2D eigenvalue weighted by Crippen LogP contribution is -2.05. The van der Waals surface area contributed by atoms with Gasteiger partial charge < -0.3 is 4.57 Å². The van der Waals surface area contributed by atoms with Crippen LogP contribution in [0.2, 0.25) is 0 Å². The highest BCUT2D eigenvalue weighted by atomic mass is 32.2. The molecule has 0 bridgehead atoms. The molecule has 132 valence electrons. The number of hydrogen-bond acceptors (Lipinski definition) is 3. The Balaban J connectivity index is 1.56. The second kappa shape index (κ2) is 6.58. The lowest BCUT2D eigenvalue weighted by molar-refractivity contribution is 0.626. The van der Waals surface area contributed by atoms with E-state index in [9.17, 15) is 0 Å². The van der Waals surface area contributed by atoms with Crippen molar-refractivity contribution in [2.45, 2.75) is 55.0 Å². The van der Waals surface area contributed by atoms with Gasteiger partial charge in [0.05, 0.1) is 5.25 Å². The predicted molar refractivity (Wildman–Crippen MR) is 106 cm³/mol. The minimum Gasteiger partial charge on any atom is -0.303 e. The largest absolute Gasteiger partial charge is 0.303 e. The van der Waals surface area contributed by atoms with E-state index in [1.165, 1.54) is 48.2 Å². The van der Waals surface area contributed by atoms with Gasteiger partial charge in [-0.2, -0.15) is 0 Å². The summed E-state index contributed by atoms with van der Waals surface area (Å²) in [5.74, 6) is 1.87. The average molecular weight is 362 g/mol. The van der Waals surface area contributed by atoms with Crippen LogP contribution in [0.3, 0.4) is 0 Å². The van der Waals surface area contributed by atoms with Crippen molar-refractivity contribution in [1.82, 2.24) is 14.8 Å². The summed E-state index contributed by atoms with van der Waals surface area (Å²) in [6, 6.07) is 20.1. The summed E-state index contributed by atoms with van der Waals surface area (Å²) >= 11 is 1.86. The second-order valence-corrected chi connectivity index (χ2v) is 8.55. The molecule has 0 amide bonds. The Kier molecular flexibility index (Phi) is 4.08. The van der Waals surface area contributed by atoms with Crippen LogP contribution in [0.4, 0.5) is 0 Å². The SMILES string of the molecule is Cc1ccccc1[C@@H](Sc1nnc(C2CC2)n1C1CC1)c1ccccc1. The lowest BCUT2D eigenvalue weighted by Gasteiger charge is -2.20. The normalized spacial score (nSPS) is 18.0. The van der Waals surface area contributed by atoms with E-state index in [1.807, 2.05) is 11.8 Å². The van der Waals surface area contributed by atoms with E-state index >= 15 is 0 Å². The first-order chi connectivity index (χ1) is 12.8. The molecule has 1 aromatic heterocycles. The standard InChI is InChI=1S/C22H23N3S/c1-15-7-5-6-10-19(15)20(16-8-3-2-4-9-16)26-22-24-23-21(17-11-12-17)25(22)18-13-14-18/h2-10,17-18,20H,11-14H2,1H3/t20-/m0/s1. The minimum atomic E-state index is 0.242. The van der Waals surface area contributed by atoms with E-state index in [4.69, 9.17) is 0 Å². The third kappa shape index (κ3) is 3.07.